The van der Waals surface area contributed by atoms with Gasteiger partial charge in [0.05, 0.1) is 18.8 Å². The molecule has 104 valence electrons. The molecular formula is C14H12Cl2N2O2. The van der Waals surface area contributed by atoms with Gasteiger partial charge in [0.25, 0.3) is 0 Å². The lowest BCUT2D eigenvalue weighted by atomic mass is 10.1. The lowest BCUT2D eigenvalue weighted by Gasteiger charge is -2.07. The zero-order chi connectivity index (χ0) is 14.3. The number of carboxylic acids is 1. The normalized spacial score (nSPS) is 20.9. The molecule has 1 heterocycles. The van der Waals surface area contributed by atoms with E-state index in [1.165, 1.54) is 0 Å². The molecule has 2 unspecified atom stereocenters. The SMILES string of the molecule is O=C(O)C1CC1c1ccc(Cn2cnc(Cl)c2)c(Cl)c1. The van der Waals surface area contributed by atoms with Crippen LogP contribution in [-0.2, 0) is 11.3 Å². The molecule has 1 N–H and O–H groups in total. The molecule has 20 heavy (non-hydrogen) atoms. The van der Waals surface area contributed by atoms with Crippen molar-refractivity contribution in [3.8, 4) is 0 Å². The molecule has 1 aromatic carbocycles. The first-order valence-electron chi connectivity index (χ1n) is 6.23. The first kappa shape index (κ1) is 13.5. The molecule has 1 fully saturated rings. The van der Waals surface area contributed by atoms with Crippen LogP contribution in [-0.4, -0.2) is 20.6 Å². The first-order valence-corrected chi connectivity index (χ1v) is 6.98. The minimum atomic E-state index is -0.733. The third-order valence-electron chi connectivity index (χ3n) is 3.57. The van der Waals surface area contributed by atoms with Crippen molar-refractivity contribution < 1.29 is 9.90 Å². The van der Waals surface area contributed by atoms with Crippen molar-refractivity contribution >= 4 is 29.2 Å². The predicted octanol–water partition coefficient (Wildman–Crippen LogP) is 3.43. The van der Waals surface area contributed by atoms with Crippen LogP contribution in [0.5, 0.6) is 0 Å². The van der Waals surface area contributed by atoms with Gasteiger partial charge >= 0.3 is 5.97 Å². The number of nitrogens with zero attached hydrogens (tertiary/aromatic N) is 2. The topological polar surface area (TPSA) is 55.1 Å². The molecule has 0 radical (unpaired) electrons. The van der Waals surface area contributed by atoms with Gasteiger partial charge in [-0.25, -0.2) is 4.98 Å². The van der Waals surface area contributed by atoms with E-state index in [-0.39, 0.29) is 11.8 Å². The maximum absolute atomic E-state index is 10.9. The molecule has 1 aliphatic rings. The second-order valence-corrected chi connectivity index (χ2v) is 5.80. The number of hydrogen-bond acceptors (Lipinski definition) is 2. The highest BCUT2D eigenvalue weighted by Crippen LogP contribution is 2.48. The maximum Gasteiger partial charge on any atom is 0.307 e. The van der Waals surface area contributed by atoms with Crippen molar-refractivity contribution in [1.82, 2.24) is 9.55 Å². The van der Waals surface area contributed by atoms with E-state index in [1.54, 1.807) is 12.5 Å². The lowest BCUT2D eigenvalue weighted by Crippen LogP contribution is -2.00. The van der Waals surface area contributed by atoms with Crippen LogP contribution in [0.15, 0.2) is 30.7 Å². The van der Waals surface area contributed by atoms with Crippen LogP contribution < -0.4 is 0 Å². The van der Waals surface area contributed by atoms with Crippen LogP contribution in [0.25, 0.3) is 0 Å². The Morgan fingerprint density at radius 2 is 2.25 bits per heavy atom. The van der Waals surface area contributed by atoms with Gasteiger partial charge in [-0.15, -0.1) is 0 Å². The fourth-order valence-corrected chi connectivity index (χ4v) is 2.79. The largest absolute Gasteiger partial charge is 0.481 e. The van der Waals surface area contributed by atoms with Crippen molar-refractivity contribution in [2.45, 2.75) is 18.9 Å². The molecule has 4 nitrogen and oxygen atoms in total. The average molecular weight is 311 g/mol. The summed E-state index contributed by atoms with van der Waals surface area (Å²) in [5.74, 6) is -0.894. The van der Waals surface area contributed by atoms with Gasteiger partial charge in [0, 0.05) is 11.2 Å². The Morgan fingerprint density at radius 1 is 1.45 bits per heavy atom. The summed E-state index contributed by atoms with van der Waals surface area (Å²) in [7, 11) is 0. The second-order valence-electron chi connectivity index (χ2n) is 5.01. The fourth-order valence-electron chi connectivity index (χ4n) is 2.37. The molecule has 0 aliphatic heterocycles. The van der Waals surface area contributed by atoms with E-state index in [0.717, 1.165) is 11.1 Å². The molecule has 0 amide bonds. The van der Waals surface area contributed by atoms with Crippen LogP contribution in [0.4, 0.5) is 0 Å². The van der Waals surface area contributed by atoms with E-state index in [1.807, 2.05) is 22.8 Å². The Balaban J connectivity index is 1.76. The minimum Gasteiger partial charge on any atom is -0.481 e. The number of carbonyl (C=O) groups is 1. The number of halogens is 2. The summed E-state index contributed by atoms with van der Waals surface area (Å²) >= 11 is 12.0. The van der Waals surface area contributed by atoms with Crippen LogP contribution in [0.2, 0.25) is 10.2 Å². The van der Waals surface area contributed by atoms with Gasteiger partial charge in [-0.1, -0.05) is 35.3 Å². The Hall–Kier alpha value is -1.52. The molecular weight excluding hydrogens is 299 g/mol. The lowest BCUT2D eigenvalue weighted by molar-refractivity contribution is -0.138. The van der Waals surface area contributed by atoms with E-state index < -0.39 is 5.97 Å². The molecule has 0 spiro atoms. The van der Waals surface area contributed by atoms with Gasteiger partial charge < -0.3 is 9.67 Å². The Bertz CT molecular complexity index is 669. The molecule has 3 rings (SSSR count). The molecule has 1 aliphatic carbocycles. The van der Waals surface area contributed by atoms with Crippen molar-refractivity contribution in [2.24, 2.45) is 5.92 Å². The summed E-state index contributed by atoms with van der Waals surface area (Å²) in [6.07, 6.45) is 4.07. The third-order valence-corrected chi connectivity index (χ3v) is 4.11. The summed E-state index contributed by atoms with van der Waals surface area (Å²) < 4.78 is 1.85. The zero-order valence-electron chi connectivity index (χ0n) is 10.5. The van der Waals surface area contributed by atoms with Crippen LogP contribution in [0.1, 0.15) is 23.5 Å². The van der Waals surface area contributed by atoms with Crippen molar-refractivity contribution in [1.29, 1.82) is 0 Å². The molecule has 2 atom stereocenters. The summed E-state index contributed by atoms with van der Waals surface area (Å²) in [5, 5.41) is 10.0. The standard InChI is InChI=1S/C14H12Cl2N2O2/c15-12-3-8(10-4-11(10)14(19)20)1-2-9(12)5-18-6-13(16)17-7-18/h1-3,6-7,10-11H,4-5H2,(H,19,20). The molecule has 2 aromatic rings. The summed E-state index contributed by atoms with van der Waals surface area (Å²) in [6, 6.07) is 5.75. The first-order chi connectivity index (χ1) is 9.54. The predicted molar refractivity (Wildman–Crippen MR) is 76.3 cm³/mol. The van der Waals surface area contributed by atoms with Gasteiger partial charge in [-0.3, -0.25) is 4.79 Å². The molecule has 0 bridgehead atoms. The van der Waals surface area contributed by atoms with Crippen LogP contribution in [0, 0.1) is 5.92 Å². The van der Waals surface area contributed by atoms with Crippen molar-refractivity contribution in [3.05, 3.63) is 52.0 Å². The van der Waals surface area contributed by atoms with Crippen LogP contribution >= 0.6 is 23.2 Å². The van der Waals surface area contributed by atoms with Gasteiger partial charge in [-0.2, -0.15) is 0 Å². The number of aliphatic carboxylic acids is 1. The second kappa shape index (κ2) is 5.11. The number of benzene rings is 1. The zero-order valence-corrected chi connectivity index (χ0v) is 12.0. The fraction of sp³-hybridized carbons (Fsp3) is 0.286. The highest BCUT2D eigenvalue weighted by atomic mass is 35.5. The maximum atomic E-state index is 10.9. The highest BCUT2D eigenvalue weighted by molar-refractivity contribution is 6.31. The van der Waals surface area contributed by atoms with E-state index in [9.17, 15) is 4.79 Å². The average Bonchev–Trinajstić information content (AvgIpc) is 3.10. The highest BCUT2D eigenvalue weighted by Gasteiger charge is 2.44. The quantitative estimate of drug-likeness (QED) is 0.941. The minimum absolute atomic E-state index is 0.0988. The van der Waals surface area contributed by atoms with E-state index in [0.29, 0.717) is 23.1 Å². The van der Waals surface area contributed by atoms with E-state index in [4.69, 9.17) is 28.3 Å². The molecule has 1 aromatic heterocycles. The summed E-state index contributed by atoms with van der Waals surface area (Å²) in [5.41, 5.74) is 1.95. The van der Waals surface area contributed by atoms with Crippen molar-refractivity contribution in [2.75, 3.05) is 0 Å². The van der Waals surface area contributed by atoms with Gasteiger partial charge in [0.1, 0.15) is 5.15 Å². The van der Waals surface area contributed by atoms with Gasteiger partial charge in [-0.05, 0) is 29.5 Å². The Labute approximate surface area is 126 Å². The molecule has 6 heteroatoms. The molecule has 0 saturated heterocycles. The van der Waals surface area contributed by atoms with E-state index >= 15 is 0 Å². The number of carboxylic acid groups (broad SMARTS) is 1. The van der Waals surface area contributed by atoms with Crippen LogP contribution in [0.3, 0.4) is 0 Å². The number of imidazole rings is 1. The number of rotatable bonds is 4. The van der Waals surface area contributed by atoms with Crippen molar-refractivity contribution in [3.63, 3.8) is 0 Å². The molecule has 1 saturated carbocycles. The number of hydrogen-bond donors (Lipinski definition) is 1. The van der Waals surface area contributed by atoms with Gasteiger partial charge in [0.15, 0.2) is 0 Å². The Morgan fingerprint density at radius 3 is 2.80 bits per heavy atom. The monoisotopic (exact) mass is 310 g/mol. The van der Waals surface area contributed by atoms with E-state index in [2.05, 4.69) is 4.98 Å². The smallest absolute Gasteiger partial charge is 0.307 e. The summed E-state index contributed by atoms with van der Waals surface area (Å²) in [6.45, 7) is 0.589. The number of aromatic nitrogens is 2. The third kappa shape index (κ3) is 2.67. The Kier molecular flexibility index (Phi) is 3.44. The summed E-state index contributed by atoms with van der Waals surface area (Å²) in [4.78, 5) is 14.8. The van der Waals surface area contributed by atoms with Gasteiger partial charge in [0.2, 0.25) is 0 Å².